The van der Waals surface area contributed by atoms with E-state index in [9.17, 15) is 18.0 Å². The molecule has 0 saturated heterocycles. The number of anilines is 1. The van der Waals surface area contributed by atoms with Crippen LogP contribution >= 0.6 is 0 Å². The van der Waals surface area contributed by atoms with Gasteiger partial charge in [0.15, 0.2) is 18.1 Å². The molecule has 6 nitrogen and oxygen atoms in total. The number of rotatable bonds is 10. The second-order valence-corrected chi connectivity index (χ2v) is 6.40. The topological polar surface area (TPSA) is 68.8 Å². The van der Waals surface area contributed by atoms with Crippen molar-refractivity contribution in [3.05, 3.63) is 53.6 Å². The first-order valence-electron chi connectivity index (χ1n) is 9.39. The summed E-state index contributed by atoms with van der Waals surface area (Å²) in [7, 11) is 1.32. The van der Waals surface area contributed by atoms with Crippen molar-refractivity contribution in [2.45, 2.75) is 32.7 Å². The SMILES string of the molecule is CCCOCc1ccccc1CNC(=O)Nc1ccc(OC)c(OCC(F)(F)F)c1. The summed E-state index contributed by atoms with van der Waals surface area (Å²) in [5.74, 6) is 0.0114. The highest BCUT2D eigenvalue weighted by atomic mass is 19.4. The van der Waals surface area contributed by atoms with Crippen molar-refractivity contribution in [3.8, 4) is 11.5 Å². The smallest absolute Gasteiger partial charge is 0.422 e. The van der Waals surface area contributed by atoms with Gasteiger partial charge in [0.25, 0.3) is 0 Å². The van der Waals surface area contributed by atoms with Crippen LogP contribution in [-0.2, 0) is 17.9 Å². The van der Waals surface area contributed by atoms with Gasteiger partial charge in [0, 0.05) is 24.9 Å². The molecule has 0 fully saturated rings. The molecule has 2 aromatic carbocycles. The zero-order valence-corrected chi connectivity index (χ0v) is 16.8. The first-order chi connectivity index (χ1) is 14.3. The lowest BCUT2D eigenvalue weighted by atomic mass is 10.1. The van der Waals surface area contributed by atoms with Gasteiger partial charge in [-0.2, -0.15) is 13.2 Å². The number of nitrogens with one attached hydrogen (secondary N) is 2. The summed E-state index contributed by atoms with van der Waals surface area (Å²) in [4.78, 5) is 12.2. The standard InChI is InChI=1S/C21H25F3N2O4/c1-3-10-29-13-16-7-5-4-6-15(16)12-25-20(27)26-17-8-9-18(28-2)19(11-17)30-14-21(22,23)24/h4-9,11H,3,10,12-14H2,1-2H3,(H2,25,26,27). The molecule has 2 aromatic rings. The second kappa shape index (κ2) is 11.3. The summed E-state index contributed by atoms with van der Waals surface area (Å²) in [5, 5.41) is 5.30. The van der Waals surface area contributed by atoms with Crippen LogP contribution in [0.25, 0.3) is 0 Å². The Kier molecular flexibility index (Phi) is 8.79. The fourth-order valence-electron chi connectivity index (χ4n) is 2.57. The third-order valence-electron chi connectivity index (χ3n) is 3.98. The van der Waals surface area contributed by atoms with Gasteiger partial charge >= 0.3 is 12.2 Å². The zero-order chi connectivity index (χ0) is 22.0. The average Bonchev–Trinajstić information content (AvgIpc) is 2.71. The van der Waals surface area contributed by atoms with Crippen LogP contribution in [-0.4, -0.2) is 32.5 Å². The van der Waals surface area contributed by atoms with Crippen LogP contribution < -0.4 is 20.1 Å². The molecule has 0 spiro atoms. The molecule has 0 aliphatic heterocycles. The van der Waals surface area contributed by atoms with Gasteiger partial charge in [0.2, 0.25) is 0 Å². The molecule has 0 bridgehead atoms. The lowest BCUT2D eigenvalue weighted by Gasteiger charge is -2.15. The van der Waals surface area contributed by atoms with Crippen LogP contribution in [0, 0.1) is 0 Å². The summed E-state index contributed by atoms with van der Waals surface area (Å²) in [6.45, 7) is 1.93. The van der Waals surface area contributed by atoms with E-state index < -0.39 is 18.8 Å². The maximum absolute atomic E-state index is 12.4. The molecule has 2 rings (SSSR count). The van der Waals surface area contributed by atoms with E-state index in [2.05, 4.69) is 10.6 Å². The Balaban J connectivity index is 1.96. The predicted octanol–water partition coefficient (Wildman–Crippen LogP) is 4.88. The second-order valence-electron chi connectivity index (χ2n) is 6.40. The Morgan fingerprint density at radius 2 is 1.80 bits per heavy atom. The van der Waals surface area contributed by atoms with Crippen LogP contribution in [0.4, 0.5) is 23.7 Å². The molecular weight excluding hydrogens is 401 g/mol. The molecule has 164 valence electrons. The van der Waals surface area contributed by atoms with Gasteiger partial charge in [-0.05, 0) is 29.7 Å². The third-order valence-corrected chi connectivity index (χ3v) is 3.98. The van der Waals surface area contributed by atoms with Gasteiger partial charge in [-0.3, -0.25) is 0 Å². The number of carbonyl (C=O) groups excluding carboxylic acids is 1. The molecule has 9 heteroatoms. The normalized spacial score (nSPS) is 11.1. The summed E-state index contributed by atoms with van der Waals surface area (Å²) in [6, 6.07) is 11.3. The molecule has 0 radical (unpaired) electrons. The van der Waals surface area contributed by atoms with E-state index in [1.165, 1.54) is 25.3 Å². The first-order valence-corrected chi connectivity index (χ1v) is 9.39. The Labute approximate surface area is 173 Å². The molecule has 0 aromatic heterocycles. The summed E-state index contributed by atoms with van der Waals surface area (Å²) < 4.78 is 52.6. The van der Waals surface area contributed by atoms with Crippen LogP contribution in [0.1, 0.15) is 24.5 Å². The van der Waals surface area contributed by atoms with E-state index in [4.69, 9.17) is 14.2 Å². The molecule has 0 unspecified atom stereocenters. The van der Waals surface area contributed by atoms with Crippen molar-refractivity contribution < 1.29 is 32.2 Å². The molecular formula is C21H25F3N2O4. The minimum Gasteiger partial charge on any atom is -0.493 e. The largest absolute Gasteiger partial charge is 0.493 e. The van der Waals surface area contributed by atoms with Gasteiger partial charge in [0.05, 0.1) is 13.7 Å². The summed E-state index contributed by atoms with van der Waals surface area (Å²) in [5.41, 5.74) is 2.15. The van der Waals surface area contributed by atoms with Crippen molar-refractivity contribution in [2.75, 3.05) is 25.6 Å². The highest BCUT2D eigenvalue weighted by Gasteiger charge is 2.29. The summed E-state index contributed by atoms with van der Waals surface area (Å²) in [6.07, 6.45) is -3.57. The van der Waals surface area contributed by atoms with Crippen molar-refractivity contribution >= 4 is 11.7 Å². The number of urea groups is 1. The lowest BCUT2D eigenvalue weighted by Crippen LogP contribution is -2.28. The number of hydrogen-bond acceptors (Lipinski definition) is 4. The Morgan fingerprint density at radius 3 is 2.47 bits per heavy atom. The van der Waals surface area contributed by atoms with Crippen molar-refractivity contribution in [1.82, 2.24) is 5.32 Å². The number of carbonyl (C=O) groups is 1. The first kappa shape index (κ1) is 23.3. The van der Waals surface area contributed by atoms with E-state index in [0.29, 0.717) is 13.2 Å². The van der Waals surface area contributed by atoms with Gasteiger partial charge < -0.3 is 24.8 Å². The third kappa shape index (κ3) is 7.82. The molecule has 2 N–H and O–H groups in total. The molecule has 0 saturated carbocycles. The molecule has 30 heavy (non-hydrogen) atoms. The molecule has 0 heterocycles. The van der Waals surface area contributed by atoms with Crippen molar-refractivity contribution in [2.24, 2.45) is 0 Å². The minimum atomic E-state index is -4.49. The van der Waals surface area contributed by atoms with Gasteiger partial charge in [-0.25, -0.2) is 4.79 Å². The van der Waals surface area contributed by atoms with Crippen molar-refractivity contribution in [1.29, 1.82) is 0 Å². The zero-order valence-electron chi connectivity index (χ0n) is 16.8. The maximum atomic E-state index is 12.4. The van der Waals surface area contributed by atoms with Gasteiger partial charge in [-0.1, -0.05) is 31.2 Å². The molecule has 2 amide bonds. The van der Waals surface area contributed by atoms with E-state index in [1.807, 2.05) is 31.2 Å². The Morgan fingerprint density at radius 1 is 1.07 bits per heavy atom. The van der Waals surface area contributed by atoms with Crippen molar-refractivity contribution in [3.63, 3.8) is 0 Å². The maximum Gasteiger partial charge on any atom is 0.422 e. The lowest BCUT2D eigenvalue weighted by molar-refractivity contribution is -0.153. The number of halogens is 3. The number of ether oxygens (including phenoxy) is 3. The predicted molar refractivity (Wildman–Crippen MR) is 107 cm³/mol. The minimum absolute atomic E-state index is 0.119. The van der Waals surface area contributed by atoms with E-state index in [1.54, 1.807) is 0 Å². The quantitative estimate of drug-likeness (QED) is 0.531. The fourth-order valence-corrected chi connectivity index (χ4v) is 2.57. The van der Waals surface area contributed by atoms with E-state index in [-0.39, 0.29) is 23.7 Å². The van der Waals surface area contributed by atoms with Crippen LogP contribution in [0.3, 0.4) is 0 Å². The highest BCUT2D eigenvalue weighted by Crippen LogP contribution is 2.31. The number of methoxy groups -OCH3 is 1. The Hall–Kier alpha value is -2.94. The van der Waals surface area contributed by atoms with E-state index >= 15 is 0 Å². The highest BCUT2D eigenvalue weighted by molar-refractivity contribution is 5.89. The fraction of sp³-hybridized carbons (Fsp3) is 0.381. The monoisotopic (exact) mass is 426 g/mol. The average molecular weight is 426 g/mol. The number of alkyl halides is 3. The van der Waals surface area contributed by atoms with Gasteiger partial charge in [0.1, 0.15) is 0 Å². The molecule has 0 atom stereocenters. The number of amides is 2. The molecule has 0 aliphatic carbocycles. The van der Waals surface area contributed by atoms with Crippen LogP contribution in [0.2, 0.25) is 0 Å². The number of benzene rings is 2. The van der Waals surface area contributed by atoms with E-state index in [0.717, 1.165) is 17.5 Å². The van der Waals surface area contributed by atoms with Crippen LogP contribution in [0.5, 0.6) is 11.5 Å². The molecule has 0 aliphatic rings. The Bertz CT molecular complexity index is 828. The van der Waals surface area contributed by atoms with Crippen LogP contribution in [0.15, 0.2) is 42.5 Å². The van der Waals surface area contributed by atoms with Gasteiger partial charge in [-0.15, -0.1) is 0 Å². The summed E-state index contributed by atoms with van der Waals surface area (Å²) >= 11 is 0. The number of hydrogen-bond donors (Lipinski definition) is 2.